The minimum absolute atomic E-state index is 0.0456. The number of aromatic nitrogens is 3. The third kappa shape index (κ3) is 6.36. The molecule has 0 fully saturated rings. The number of hydrogen-bond acceptors (Lipinski definition) is 6. The quantitative estimate of drug-likeness (QED) is 0.259. The molecule has 0 saturated heterocycles. The van der Waals surface area contributed by atoms with E-state index in [9.17, 15) is 18.8 Å². The van der Waals surface area contributed by atoms with Crippen molar-refractivity contribution >= 4 is 40.9 Å². The summed E-state index contributed by atoms with van der Waals surface area (Å²) < 4.78 is 19.3. The van der Waals surface area contributed by atoms with E-state index in [4.69, 9.17) is 16.6 Å². The van der Waals surface area contributed by atoms with Crippen LogP contribution >= 0.6 is 11.6 Å². The van der Waals surface area contributed by atoms with Crippen molar-refractivity contribution in [1.82, 2.24) is 20.3 Å². The van der Waals surface area contributed by atoms with Crippen LogP contribution in [-0.4, -0.2) is 40.0 Å². The highest BCUT2D eigenvalue weighted by Gasteiger charge is 2.25. The molecule has 4 N–H and O–H groups in total. The van der Waals surface area contributed by atoms with Gasteiger partial charge in [-0.15, -0.1) is 0 Å². The third-order valence-corrected chi connectivity index (χ3v) is 6.86. The van der Waals surface area contributed by atoms with Crippen LogP contribution in [0.25, 0.3) is 11.3 Å². The van der Waals surface area contributed by atoms with Crippen LogP contribution in [-0.2, 0) is 22.4 Å². The molecule has 2 aromatic carbocycles. The maximum atomic E-state index is 14.6. The van der Waals surface area contributed by atoms with Crippen LogP contribution < -0.4 is 16.0 Å². The van der Waals surface area contributed by atoms with E-state index in [1.165, 1.54) is 25.3 Å². The van der Waals surface area contributed by atoms with E-state index in [0.717, 1.165) is 5.56 Å². The molecule has 2 aromatic heterocycles. The first-order chi connectivity index (χ1) is 19.7. The predicted octanol–water partition coefficient (Wildman–Crippen LogP) is 5.35. The SMILES string of the molecule is COC(=O)Nc1ccc2c(c1)NC(=O)CCc1nc(ccc1F)CC(NC(=O)c1ccc(C)cc1)c1nc-2c(Cl)[nH]1. The Labute approximate surface area is 239 Å². The number of ether oxygens (including phenoxy) is 1. The standard InChI is InChI=1S/C29H26ClFN6O4/c1-15-3-5-16(6-4-15)28(39)35-23-14-17-8-10-20(31)21(32-17)11-12-24(38)34-22-13-18(33-29(40)41-2)7-9-19(22)25-26(30)37-27(23)36-25/h3-10,13,23H,11-12,14H2,1-2H3,(H,33,40)(H,34,38)(H,35,39)(H,36,37). The summed E-state index contributed by atoms with van der Waals surface area (Å²) in [5, 5.41) is 8.52. The molecule has 4 bridgehead atoms. The number of fused-ring (bicyclic) bond motifs is 6. The number of nitrogens with one attached hydrogen (secondary N) is 4. The number of benzene rings is 2. The van der Waals surface area contributed by atoms with Crippen molar-refractivity contribution in [2.45, 2.75) is 32.2 Å². The van der Waals surface area contributed by atoms with E-state index in [1.54, 1.807) is 24.3 Å². The van der Waals surface area contributed by atoms with E-state index >= 15 is 0 Å². The second-order valence-corrected chi connectivity index (χ2v) is 9.92. The molecule has 0 radical (unpaired) electrons. The number of methoxy groups -OCH3 is 1. The van der Waals surface area contributed by atoms with Gasteiger partial charge in [0.25, 0.3) is 5.91 Å². The minimum Gasteiger partial charge on any atom is -0.453 e. The lowest BCUT2D eigenvalue weighted by molar-refractivity contribution is -0.116. The van der Waals surface area contributed by atoms with Crippen LogP contribution in [0.15, 0.2) is 54.6 Å². The van der Waals surface area contributed by atoms with Crippen molar-refractivity contribution < 1.29 is 23.5 Å². The lowest BCUT2D eigenvalue weighted by Crippen LogP contribution is -2.31. The molecule has 0 saturated carbocycles. The van der Waals surface area contributed by atoms with Crippen LogP contribution in [0.2, 0.25) is 5.15 Å². The number of hydrogen-bond donors (Lipinski definition) is 4. The number of amides is 3. The van der Waals surface area contributed by atoms with E-state index in [2.05, 4.69) is 30.7 Å². The second kappa shape index (κ2) is 11.8. The molecule has 1 unspecified atom stereocenters. The fourth-order valence-corrected chi connectivity index (χ4v) is 4.69. The summed E-state index contributed by atoms with van der Waals surface area (Å²) in [6.45, 7) is 1.93. The van der Waals surface area contributed by atoms with Crippen LogP contribution in [0.1, 0.15) is 45.6 Å². The van der Waals surface area contributed by atoms with Crippen molar-refractivity contribution in [2.75, 3.05) is 17.7 Å². The van der Waals surface area contributed by atoms with Crippen molar-refractivity contribution in [3.8, 4) is 11.3 Å². The van der Waals surface area contributed by atoms with E-state index in [-0.39, 0.29) is 36.0 Å². The molecule has 3 amide bonds. The first kappa shape index (κ1) is 27.8. The Morgan fingerprint density at radius 2 is 1.85 bits per heavy atom. The molecule has 0 aliphatic carbocycles. The van der Waals surface area contributed by atoms with Gasteiger partial charge in [-0.25, -0.2) is 14.2 Å². The number of pyridine rings is 1. The smallest absolute Gasteiger partial charge is 0.411 e. The summed E-state index contributed by atoms with van der Waals surface area (Å²) >= 11 is 6.62. The number of carbonyl (C=O) groups excluding carboxylic acids is 3. The molecule has 1 atom stereocenters. The molecule has 1 aliphatic rings. The first-order valence-electron chi connectivity index (χ1n) is 12.8. The minimum atomic E-state index is -0.706. The fourth-order valence-electron chi connectivity index (χ4n) is 4.45. The number of aryl methyl sites for hydroxylation is 2. The zero-order chi connectivity index (χ0) is 29.1. The van der Waals surface area contributed by atoms with Gasteiger partial charge in [-0.2, -0.15) is 0 Å². The van der Waals surface area contributed by atoms with Gasteiger partial charge < -0.3 is 20.4 Å². The van der Waals surface area contributed by atoms with Gasteiger partial charge >= 0.3 is 6.09 Å². The lowest BCUT2D eigenvalue weighted by Gasteiger charge is -2.18. The number of halogens is 2. The van der Waals surface area contributed by atoms with Crippen LogP contribution in [0.3, 0.4) is 0 Å². The molecule has 5 rings (SSSR count). The summed E-state index contributed by atoms with van der Waals surface area (Å²) in [6, 6.07) is 14.0. The molecule has 0 spiro atoms. The molecular formula is C29H26ClFN6O4. The normalized spacial score (nSPS) is 14.7. The van der Waals surface area contributed by atoms with E-state index < -0.39 is 23.9 Å². The Bertz CT molecular complexity index is 1640. The van der Waals surface area contributed by atoms with Crippen LogP contribution in [0, 0.1) is 12.7 Å². The molecule has 41 heavy (non-hydrogen) atoms. The zero-order valence-electron chi connectivity index (χ0n) is 22.2. The predicted molar refractivity (Wildman–Crippen MR) is 151 cm³/mol. The second-order valence-electron chi connectivity index (χ2n) is 9.54. The summed E-state index contributed by atoms with van der Waals surface area (Å²) in [4.78, 5) is 50.1. The number of carbonyl (C=O) groups is 3. The summed E-state index contributed by atoms with van der Waals surface area (Å²) in [5.74, 6) is -0.939. The van der Waals surface area contributed by atoms with Crippen molar-refractivity contribution in [3.05, 3.63) is 93.9 Å². The Morgan fingerprint density at radius 3 is 2.61 bits per heavy atom. The van der Waals surface area contributed by atoms with Crippen molar-refractivity contribution in [3.63, 3.8) is 0 Å². The van der Waals surface area contributed by atoms with Gasteiger partial charge in [0.1, 0.15) is 22.5 Å². The monoisotopic (exact) mass is 576 g/mol. The topological polar surface area (TPSA) is 138 Å². The average molecular weight is 577 g/mol. The molecule has 3 heterocycles. The van der Waals surface area contributed by atoms with Crippen molar-refractivity contribution in [2.24, 2.45) is 0 Å². The number of anilines is 2. The highest BCUT2D eigenvalue weighted by Crippen LogP contribution is 2.35. The number of rotatable bonds is 3. The van der Waals surface area contributed by atoms with Gasteiger partial charge in [-0.3, -0.25) is 19.9 Å². The Balaban J connectivity index is 1.59. The van der Waals surface area contributed by atoms with Gasteiger partial charge in [0.05, 0.1) is 24.5 Å². The highest BCUT2D eigenvalue weighted by molar-refractivity contribution is 6.32. The first-order valence-corrected chi connectivity index (χ1v) is 13.1. The van der Waals surface area contributed by atoms with Gasteiger partial charge in [0.15, 0.2) is 0 Å². The Hall–Kier alpha value is -4.77. The van der Waals surface area contributed by atoms with Gasteiger partial charge in [-0.1, -0.05) is 29.3 Å². The van der Waals surface area contributed by atoms with Crippen LogP contribution in [0.4, 0.5) is 20.6 Å². The maximum Gasteiger partial charge on any atom is 0.411 e. The summed E-state index contributed by atoms with van der Waals surface area (Å²) in [5.41, 5.74) is 3.54. The molecule has 12 heteroatoms. The third-order valence-electron chi connectivity index (χ3n) is 6.59. The molecule has 1 aliphatic heterocycles. The fraction of sp³-hybridized carbons (Fsp3) is 0.207. The van der Waals surface area contributed by atoms with E-state index in [1.807, 2.05) is 19.1 Å². The Kier molecular flexibility index (Phi) is 7.97. The number of nitrogens with zero attached hydrogens (tertiary/aromatic N) is 2. The number of imidazole rings is 1. The number of aromatic amines is 1. The van der Waals surface area contributed by atoms with Crippen molar-refractivity contribution in [1.29, 1.82) is 0 Å². The average Bonchev–Trinajstić information content (AvgIpc) is 3.34. The lowest BCUT2D eigenvalue weighted by atomic mass is 10.1. The molecule has 4 aromatic rings. The van der Waals surface area contributed by atoms with Gasteiger partial charge in [0, 0.05) is 41.8 Å². The molecular weight excluding hydrogens is 551 g/mol. The summed E-state index contributed by atoms with van der Waals surface area (Å²) in [6.07, 6.45) is -0.529. The van der Waals surface area contributed by atoms with Gasteiger partial charge in [-0.05, 0) is 49.4 Å². The maximum absolute atomic E-state index is 14.6. The number of H-pyrrole nitrogens is 1. The molecule has 10 nitrogen and oxygen atoms in total. The Morgan fingerprint density at radius 1 is 1.07 bits per heavy atom. The highest BCUT2D eigenvalue weighted by atomic mass is 35.5. The summed E-state index contributed by atoms with van der Waals surface area (Å²) in [7, 11) is 1.23. The van der Waals surface area contributed by atoms with Gasteiger partial charge in [0.2, 0.25) is 5.91 Å². The zero-order valence-corrected chi connectivity index (χ0v) is 22.9. The van der Waals surface area contributed by atoms with Crippen LogP contribution in [0.5, 0.6) is 0 Å². The largest absolute Gasteiger partial charge is 0.453 e. The molecule has 210 valence electrons. The van der Waals surface area contributed by atoms with E-state index in [0.29, 0.717) is 39.7 Å².